The number of nitrogens with one attached hydrogen (secondary N) is 1. The zero-order valence-corrected chi connectivity index (χ0v) is 10.9. The summed E-state index contributed by atoms with van der Waals surface area (Å²) in [4.78, 5) is 0. The fourth-order valence-corrected chi connectivity index (χ4v) is 2.64. The predicted octanol–water partition coefficient (Wildman–Crippen LogP) is 3.92. The lowest BCUT2D eigenvalue weighted by atomic mass is 10.00. The topological polar surface area (TPSA) is 38.0 Å². The number of benzene rings is 1. The largest absolute Gasteiger partial charge is 0.397 e. The number of hydrogen-bond acceptors (Lipinski definition) is 2. The Morgan fingerprint density at radius 2 is 2.00 bits per heavy atom. The third kappa shape index (κ3) is 2.32. The molecule has 1 aliphatic rings. The van der Waals surface area contributed by atoms with Gasteiger partial charge in [0.25, 0.3) is 0 Å². The van der Waals surface area contributed by atoms with Gasteiger partial charge in [0.05, 0.1) is 15.8 Å². The third-order valence-corrected chi connectivity index (χ3v) is 3.84. The first-order valence-corrected chi connectivity index (χ1v) is 6.32. The minimum atomic E-state index is -0.279. The summed E-state index contributed by atoms with van der Waals surface area (Å²) in [6.07, 6.45) is 4.68. The Morgan fingerprint density at radius 3 is 2.62 bits per heavy atom. The van der Waals surface area contributed by atoms with Crippen molar-refractivity contribution in [1.29, 1.82) is 0 Å². The molecule has 1 aliphatic carbocycles. The van der Waals surface area contributed by atoms with E-state index < -0.39 is 0 Å². The Bertz CT molecular complexity index is 400. The standard InChI is InChI=1S/C12H16BrFN2/c1-12(4-2-3-5-12)16-11-7-9(14)8(13)6-10(11)15/h6-7,16H,2-5,15H2,1H3. The van der Waals surface area contributed by atoms with Crippen molar-refractivity contribution >= 4 is 27.3 Å². The number of nitrogens with two attached hydrogens (primary N) is 1. The number of anilines is 2. The maximum Gasteiger partial charge on any atom is 0.139 e. The van der Waals surface area contributed by atoms with Crippen molar-refractivity contribution in [2.24, 2.45) is 0 Å². The molecule has 0 unspecified atom stereocenters. The molecule has 0 radical (unpaired) electrons. The van der Waals surface area contributed by atoms with Crippen LogP contribution in [0.4, 0.5) is 15.8 Å². The van der Waals surface area contributed by atoms with Gasteiger partial charge in [-0.25, -0.2) is 4.39 Å². The van der Waals surface area contributed by atoms with Gasteiger partial charge in [-0.15, -0.1) is 0 Å². The maximum absolute atomic E-state index is 13.4. The summed E-state index contributed by atoms with van der Waals surface area (Å²) in [5.74, 6) is -0.279. The Hall–Kier alpha value is -0.770. The van der Waals surface area contributed by atoms with Gasteiger partial charge in [-0.3, -0.25) is 0 Å². The van der Waals surface area contributed by atoms with Crippen LogP contribution < -0.4 is 11.1 Å². The molecule has 4 heteroatoms. The van der Waals surface area contributed by atoms with Crippen LogP contribution in [0.25, 0.3) is 0 Å². The summed E-state index contributed by atoms with van der Waals surface area (Å²) in [5.41, 5.74) is 7.22. The predicted molar refractivity (Wildman–Crippen MR) is 69.0 cm³/mol. The smallest absolute Gasteiger partial charge is 0.139 e. The van der Waals surface area contributed by atoms with Crippen molar-refractivity contribution in [1.82, 2.24) is 0 Å². The van der Waals surface area contributed by atoms with E-state index in [9.17, 15) is 4.39 Å². The molecule has 0 atom stereocenters. The lowest BCUT2D eigenvalue weighted by molar-refractivity contribution is 0.532. The van der Waals surface area contributed by atoms with Crippen LogP contribution >= 0.6 is 15.9 Å². The monoisotopic (exact) mass is 286 g/mol. The SMILES string of the molecule is CC1(Nc2cc(F)c(Br)cc2N)CCCC1. The Labute approximate surface area is 104 Å². The molecule has 1 fully saturated rings. The first kappa shape index (κ1) is 11.7. The first-order chi connectivity index (χ1) is 7.50. The molecule has 2 rings (SSSR count). The van der Waals surface area contributed by atoms with Crippen LogP contribution in [0.3, 0.4) is 0 Å². The fourth-order valence-electron chi connectivity index (χ4n) is 2.28. The van der Waals surface area contributed by atoms with Crippen molar-refractivity contribution in [3.63, 3.8) is 0 Å². The Morgan fingerprint density at radius 1 is 1.38 bits per heavy atom. The first-order valence-electron chi connectivity index (χ1n) is 5.53. The molecule has 0 amide bonds. The molecule has 0 saturated heterocycles. The second-order valence-electron chi connectivity index (χ2n) is 4.75. The molecule has 16 heavy (non-hydrogen) atoms. The highest BCUT2D eigenvalue weighted by atomic mass is 79.9. The van der Waals surface area contributed by atoms with Gasteiger partial charge < -0.3 is 11.1 Å². The van der Waals surface area contributed by atoms with Gasteiger partial charge in [-0.2, -0.15) is 0 Å². The lowest BCUT2D eigenvalue weighted by Gasteiger charge is -2.27. The summed E-state index contributed by atoms with van der Waals surface area (Å²) in [5, 5.41) is 3.37. The molecule has 2 nitrogen and oxygen atoms in total. The van der Waals surface area contributed by atoms with Gasteiger partial charge in [0.15, 0.2) is 0 Å². The summed E-state index contributed by atoms with van der Waals surface area (Å²) in [6, 6.07) is 3.07. The van der Waals surface area contributed by atoms with Gasteiger partial charge in [-0.1, -0.05) is 12.8 Å². The van der Waals surface area contributed by atoms with Crippen LogP contribution in [0.5, 0.6) is 0 Å². The average Bonchev–Trinajstić information content (AvgIpc) is 2.62. The number of halogens is 2. The van der Waals surface area contributed by atoms with Gasteiger partial charge in [0.1, 0.15) is 5.82 Å². The van der Waals surface area contributed by atoms with Crippen molar-refractivity contribution in [3.05, 3.63) is 22.4 Å². The van der Waals surface area contributed by atoms with Crippen molar-refractivity contribution < 1.29 is 4.39 Å². The molecular formula is C12H16BrFN2. The van der Waals surface area contributed by atoms with Crippen molar-refractivity contribution in [2.75, 3.05) is 11.1 Å². The molecule has 0 heterocycles. The van der Waals surface area contributed by atoms with E-state index in [1.165, 1.54) is 18.9 Å². The molecule has 88 valence electrons. The summed E-state index contributed by atoms with van der Waals surface area (Å²) >= 11 is 3.12. The molecule has 1 aromatic carbocycles. The minimum absolute atomic E-state index is 0.0639. The van der Waals surface area contributed by atoms with E-state index in [-0.39, 0.29) is 11.4 Å². The van der Waals surface area contributed by atoms with Gasteiger partial charge in [0, 0.05) is 11.6 Å². The normalized spacial score (nSPS) is 18.7. The number of hydrogen-bond donors (Lipinski definition) is 2. The average molecular weight is 287 g/mol. The lowest BCUT2D eigenvalue weighted by Crippen LogP contribution is -2.31. The summed E-state index contributed by atoms with van der Waals surface area (Å²) in [6.45, 7) is 2.17. The Balaban J connectivity index is 2.24. The molecular weight excluding hydrogens is 271 g/mol. The van der Waals surface area contributed by atoms with Gasteiger partial charge >= 0.3 is 0 Å². The third-order valence-electron chi connectivity index (χ3n) is 3.24. The highest BCUT2D eigenvalue weighted by Gasteiger charge is 2.28. The zero-order valence-electron chi connectivity index (χ0n) is 9.32. The van der Waals surface area contributed by atoms with E-state index in [0.717, 1.165) is 12.8 Å². The van der Waals surface area contributed by atoms with Crippen LogP contribution in [-0.4, -0.2) is 5.54 Å². The molecule has 3 N–H and O–H groups in total. The van der Waals surface area contributed by atoms with Gasteiger partial charge in [0.2, 0.25) is 0 Å². The molecule has 0 bridgehead atoms. The van der Waals surface area contributed by atoms with Crippen LogP contribution in [0.1, 0.15) is 32.6 Å². The fraction of sp³-hybridized carbons (Fsp3) is 0.500. The van der Waals surface area contributed by atoms with E-state index in [0.29, 0.717) is 15.8 Å². The van der Waals surface area contributed by atoms with E-state index in [2.05, 4.69) is 28.2 Å². The highest BCUT2D eigenvalue weighted by molar-refractivity contribution is 9.10. The van der Waals surface area contributed by atoms with Crippen LogP contribution in [0.2, 0.25) is 0 Å². The van der Waals surface area contributed by atoms with Crippen LogP contribution in [0, 0.1) is 5.82 Å². The van der Waals surface area contributed by atoms with E-state index >= 15 is 0 Å². The molecule has 0 aromatic heterocycles. The Kier molecular flexibility index (Phi) is 3.10. The zero-order chi connectivity index (χ0) is 11.8. The van der Waals surface area contributed by atoms with E-state index in [1.807, 2.05) is 0 Å². The van der Waals surface area contributed by atoms with Crippen LogP contribution in [0.15, 0.2) is 16.6 Å². The second-order valence-corrected chi connectivity index (χ2v) is 5.60. The minimum Gasteiger partial charge on any atom is -0.397 e. The maximum atomic E-state index is 13.4. The highest BCUT2D eigenvalue weighted by Crippen LogP contribution is 2.35. The van der Waals surface area contributed by atoms with Crippen molar-refractivity contribution in [3.8, 4) is 0 Å². The van der Waals surface area contributed by atoms with Gasteiger partial charge in [-0.05, 0) is 41.8 Å². The summed E-state index contributed by atoms with van der Waals surface area (Å²) < 4.78 is 13.8. The van der Waals surface area contributed by atoms with Crippen LogP contribution in [-0.2, 0) is 0 Å². The van der Waals surface area contributed by atoms with E-state index in [4.69, 9.17) is 5.73 Å². The van der Waals surface area contributed by atoms with Crippen molar-refractivity contribution in [2.45, 2.75) is 38.1 Å². The number of nitrogen functional groups attached to an aromatic ring is 1. The molecule has 1 saturated carbocycles. The molecule has 0 aliphatic heterocycles. The molecule has 1 aromatic rings. The van der Waals surface area contributed by atoms with E-state index in [1.54, 1.807) is 6.07 Å². The quantitative estimate of drug-likeness (QED) is 0.809. The second kappa shape index (κ2) is 4.24. The number of rotatable bonds is 2. The molecule has 0 spiro atoms. The summed E-state index contributed by atoms with van der Waals surface area (Å²) in [7, 11) is 0.